The third kappa shape index (κ3) is 2.90. The largest absolute Gasteiger partial charge is 0.479 e. The first-order valence-electron chi connectivity index (χ1n) is 8.08. The van der Waals surface area contributed by atoms with Crippen molar-refractivity contribution in [3.8, 4) is 17.3 Å². The Kier molecular flexibility index (Phi) is 3.89. The molecule has 0 saturated heterocycles. The van der Waals surface area contributed by atoms with Crippen molar-refractivity contribution in [2.24, 2.45) is 7.05 Å². The highest BCUT2D eigenvalue weighted by Crippen LogP contribution is 2.24. The van der Waals surface area contributed by atoms with Gasteiger partial charge in [-0.1, -0.05) is 24.3 Å². The maximum absolute atomic E-state index is 12.5. The number of ether oxygens (including phenoxy) is 1. The van der Waals surface area contributed by atoms with Crippen molar-refractivity contribution in [2.75, 3.05) is 12.4 Å². The Morgan fingerprint density at radius 1 is 1.19 bits per heavy atom. The van der Waals surface area contributed by atoms with E-state index in [-0.39, 0.29) is 5.91 Å². The number of methoxy groups -OCH3 is 1. The average Bonchev–Trinajstić information content (AvgIpc) is 3.25. The van der Waals surface area contributed by atoms with E-state index in [2.05, 4.69) is 20.4 Å². The van der Waals surface area contributed by atoms with Crippen molar-refractivity contribution >= 4 is 22.6 Å². The summed E-state index contributed by atoms with van der Waals surface area (Å²) in [6.45, 7) is 0. The van der Waals surface area contributed by atoms with Crippen LogP contribution >= 0.6 is 0 Å². The van der Waals surface area contributed by atoms with Crippen molar-refractivity contribution in [1.29, 1.82) is 0 Å². The molecule has 0 atom stereocenters. The summed E-state index contributed by atoms with van der Waals surface area (Å²) in [5, 5.41) is 6.98. The SMILES string of the molecule is COc1nn(C)cc1C(=O)Nc1cccc(-c2nc3ccccc3[nH]2)c1. The van der Waals surface area contributed by atoms with E-state index in [1.165, 1.54) is 7.11 Å². The highest BCUT2D eigenvalue weighted by atomic mass is 16.5. The van der Waals surface area contributed by atoms with Gasteiger partial charge < -0.3 is 15.0 Å². The number of aromatic amines is 1. The van der Waals surface area contributed by atoms with Crippen LogP contribution in [0.5, 0.6) is 5.88 Å². The van der Waals surface area contributed by atoms with E-state index < -0.39 is 0 Å². The number of aryl methyl sites for hydroxylation is 1. The maximum Gasteiger partial charge on any atom is 0.262 e. The normalized spacial score (nSPS) is 10.8. The summed E-state index contributed by atoms with van der Waals surface area (Å²) in [5.41, 5.74) is 3.80. The number of imidazole rings is 1. The Bertz CT molecular complexity index is 1060. The molecule has 130 valence electrons. The lowest BCUT2D eigenvalue weighted by molar-refractivity contribution is 0.102. The van der Waals surface area contributed by atoms with Crippen LogP contribution < -0.4 is 10.1 Å². The van der Waals surface area contributed by atoms with Crippen LogP contribution in [-0.4, -0.2) is 32.8 Å². The third-order valence-corrected chi connectivity index (χ3v) is 4.02. The highest BCUT2D eigenvalue weighted by molar-refractivity contribution is 6.06. The maximum atomic E-state index is 12.5. The average molecular weight is 347 g/mol. The Morgan fingerprint density at radius 3 is 2.85 bits per heavy atom. The van der Waals surface area contributed by atoms with Gasteiger partial charge in [-0.3, -0.25) is 9.48 Å². The predicted octanol–water partition coefficient (Wildman–Crippen LogP) is 3.22. The minimum Gasteiger partial charge on any atom is -0.479 e. The van der Waals surface area contributed by atoms with Gasteiger partial charge in [0, 0.05) is 24.5 Å². The third-order valence-electron chi connectivity index (χ3n) is 4.02. The van der Waals surface area contributed by atoms with Crippen molar-refractivity contribution in [1.82, 2.24) is 19.7 Å². The van der Waals surface area contributed by atoms with Crippen LogP contribution in [-0.2, 0) is 7.05 Å². The summed E-state index contributed by atoms with van der Waals surface area (Å²) < 4.78 is 6.68. The molecule has 1 amide bonds. The van der Waals surface area contributed by atoms with E-state index in [1.54, 1.807) is 17.9 Å². The van der Waals surface area contributed by atoms with E-state index in [1.807, 2.05) is 48.5 Å². The lowest BCUT2D eigenvalue weighted by atomic mass is 10.2. The first-order chi connectivity index (χ1) is 12.6. The summed E-state index contributed by atoms with van der Waals surface area (Å²) in [6.07, 6.45) is 1.62. The summed E-state index contributed by atoms with van der Waals surface area (Å²) in [4.78, 5) is 20.4. The van der Waals surface area contributed by atoms with Gasteiger partial charge in [-0.15, -0.1) is 5.10 Å². The summed E-state index contributed by atoms with van der Waals surface area (Å²) in [6, 6.07) is 15.4. The van der Waals surface area contributed by atoms with Gasteiger partial charge in [-0.2, -0.15) is 0 Å². The molecule has 0 radical (unpaired) electrons. The van der Waals surface area contributed by atoms with Crippen LogP contribution in [0, 0.1) is 0 Å². The fraction of sp³-hybridized carbons (Fsp3) is 0.105. The van der Waals surface area contributed by atoms with Gasteiger partial charge in [0.1, 0.15) is 11.4 Å². The van der Waals surface area contributed by atoms with Crippen molar-refractivity contribution in [3.05, 3.63) is 60.3 Å². The molecule has 26 heavy (non-hydrogen) atoms. The first-order valence-corrected chi connectivity index (χ1v) is 8.08. The smallest absolute Gasteiger partial charge is 0.262 e. The van der Waals surface area contributed by atoms with Crippen LogP contribution in [0.1, 0.15) is 10.4 Å². The number of benzene rings is 2. The van der Waals surface area contributed by atoms with Gasteiger partial charge >= 0.3 is 0 Å². The Morgan fingerprint density at radius 2 is 2.04 bits per heavy atom. The van der Waals surface area contributed by atoms with E-state index in [4.69, 9.17) is 4.74 Å². The molecule has 7 nitrogen and oxygen atoms in total. The first kappa shape index (κ1) is 15.9. The molecule has 0 spiro atoms. The summed E-state index contributed by atoms with van der Waals surface area (Å²) in [7, 11) is 3.23. The van der Waals surface area contributed by atoms with Crippen molar-refractivity contribution in [3.63, 3.8) is 0 Å². The number of hydrogen-bond acceptors (Lipinski definition) is 4. The molecule has 0 aliphatic carbocycles. The molecule has 0 aliphatic rings. The van der Waals surface area contributed by atoms with E-state index in [0.717, 1.165) is 22.4 Å². The number of H-pyrrole nitrogens is 1. The van der Waals surface area contributed by atoms with Crippen LogP contribution in [0.2, 0.25) is 0 Å². The van der Waals surface area contributed by atoms with E-state index >= 15 is 0 Å². The van der Waals surface area contributed by atoms with Gasteiger partial charge in [0.2, 0.25) is 5.88 Å². The predicted molar refractivity (Wildman–Crippen MR) is 99.2 cm³/mol. The second kappa shape index (κ2) is 6.36. The molecule has 4 aromatic rings. The monoisotopic (exact) mass is 347 g/mol. The molecular weight excluding hydrogens is 330 g/mol. The molecule has 0 fully saturated rings. The molecular formula is C19H17N5O2. The van der Waals surface area contributed by atoms with E-state index in [0.29, 0.717) is 17.1 Å². The number of carbonyl (C=O) groups is 1. The second-order valence-electron chi connectivity index (χ2n) is 5.86. The molecule has 4 rings (SSSR count). The Hall–Kier alpha value is -3.61. The topological polar surface area (TPSA) is 84.8 Å². The number of hydrogen-bond donors (Lipinski definition) is 2. The van der Waals surface area contributed by atoms with Crippen LogP contribution in [0.3, 0.4) is 0 Å². The fourth-order valence-electron chi connectivity index (χ4n) is 2.81. The number of rotatable bonds is 4. The molecule has 0 aliphatic heterocycles. The number of aromatic nitrogens is 4. The summed E-state index contributed by atoms with van der Waals surface area (Å²) in [5.74, 6) is 0.761. The van der Waals surface area contributed by atoms with Crippen LogP contribution in [0.4, 0.5) is 5.69 Å². The molecule has 2 aromatic carbocycles. The zero-order valence-corrected chi connectivity index (χ0v) is 14.4. The lowest BCUT2D eigenvalue weighted by Crippen LogP contribution is -2.12. The number of nitrogens with zero attached hydrogens (tertiary/aromatic N) is 3. The number of amides is 1. The van der Waals surface area contributed by atoms with Crippen molar-refractivity contribution in [2.45, 2.75) is 0 Å². The number of fused-ring (bicyclic) bond motifs is 1. The molecule has 2 N–H and O–H groups in total. The number of para-hydroxylation sites is 2. The molecule has 2 heterocycles. The number of anilines is 1. The highest BCUT2D eigenvalue weighted by Gasteiger charge is 2.16. The van der Waals surface area contributed by atoms with Gasteiger partial charge in [-0.25, -0.2) is 4.98 Å². The minimum absolute atomic E-state index is 0.281. The number of nitrogens with one attached hydrogen (secondary N) is 2. The quantitative estimate of drug-likeness (QED) is 0.593. The van der Waals surface area contributed by atoms with Crippen LogP contribution in [0.15, 0.2) is 54.7 Å². The molecule has 0 bridgehead atoms. The zero-order chi connectivity index (χ0) is 18.1. The van der Waals surface area contributed by atoms with Crippen LogP contribution in [0.25, 0.3) is 22.4 Å². The molecule has 2 aromatic heterocycles. The molecule has 0 saturated carbocycles. The van der Waals surface area contributed by atoms with Gasteiger partial charge in [0.05, 0.1) is 18.1 Å². The lowest BCUT2D eigenvalue weighted by Gasteiger charge is -2.06. The zero-order valence-electron chi connectivity index (χ0n) is 14.4. The van der Waals surface area contributed by atoms with Gasteiger partial charge in [0.25, 0.3) is 5.91 Å². The fourth-order valence-corrected chi connectivity index (χ4v) is 2.81. The molecule has 0 unspecified atom stereocenters. The summed E-state index contributed by atoms with van der Waals surface area (Å²) >= 11 is 0. The van der Waals surface area contributed by atoms with Crippen molar-refractivity contribution < 1.29 is 9.53 Å². The number of carbonyl (C=O) groups excluding carboxylic acids is 1. The molecule has 7 heteroatoms. The Balaban J connectivity index is 1.62. The van der Waals surface area contributed by atoms with Gasteiger partial charge in [0.15, 0.2) is 0 Å². The van der Waals surface area contributed by atoms with E-state index in [9.17, 15) is 4.79 Å². The second-order valence-corrected chi connectivity index (χ2v) is 5.86. The standard InChI is InChI=1S/C19H17N5O2/c1-24-11-14(19(23-24)26-2)18(25)20-13-7-5-6-12(10-13)17-21-15-8-3-4-9-16(15)22-17/h3-11H,1-2H3,(H,20,25)(H,21,22). The minimum atomic E-state index is -0.281. The van der Waals surface area contributed by atoms with Gasteiger partial charge in [-0.05, 0) is 24.3 Å². The Labute approximate surface area is 149 Å².